The highest BCUT2D eigenvalue weighted by molar-refractivity contribution is 7.92. The van der Waals surface area contributed by atoms with E-state index in [1.807, 2.05) is 6.92 Å². The minimum Gasteiger partial charge on any atom is -0.477 e. The van der Waals surface area contributed by atoms with Crippen LogP contribution >= 0.6 is 0 Å². The van der Waals surface area contributed by atoms with Crippen molar-refractivity contribution in [3.8, 4) is 0 Å². The summed E-state index contributed by atoms with van der Waals surface area (Å²) in [6.45, 7) is 4.90. The fourth-order valence-corrected chi connectivity index (χ4v) is 3.69. The first-order chi connectivity index (χ1) is 9.72. The third-order valence-corrected chi connectivity index (χ3v) is 4.81. The summed E-state index contributed by atoms with van der Waals surface area (Å²) in [6, 6.07) is 6.89. The number of carbonyl (C=O) groups is 1. The van der Waals surface area contributed by atoms with Crippen molar-refractivity contribution >= 4 is 21.7 Å². The molecule has 0 bridgehead atoms. The van der Waals surface area contributed by atoms with E-state index in [2.05, 4.69) is 9.71 Å². The zero-order chi connectivity index (χ0) is 15.8. The molecule has 1 aromatic heterocycles. The molecule has 0 radical (unpaired) electrons. The molecule has 7 heteroatoms. The molecule has 0 spiro atoms. The van der Waals surface area contributed by atoms with Crippen LogP contribution in [0, 0.1) is 20.8 Å². The van der Waals surface area contributed by atoms with Gasteiger partial charge in [-0.25, -0.2) is 13.2 Å². The number of aryl methyl sites for hydroxylation is 2. The number of hydrogen-bond donors (Lipinski definition) is 3. The molecular weight excluding hydrogens is 292 g/mol. The van der Waals surface area contributed by atoms with Crippen LogP contribution in [0.15, 0.2) is 29.2 Å². The van der Waals surface area contributed by atoms with Crippen molar-refractivity contribution in [2.75, 3.05) is 4.72 Å². The van der Waals surface area contributed by atoms with Gasteiger partial charge in [0, 0.05) is 16.9 Å². The number of carboxylic acid groups (broad SMARTS) is 1. The van der Waals surface area contributed by atoms with Crippen molar-refractivity contribution < 1.29 is 18.3 Å². The Morgan fingerprint density at radius 1 is 1.14 bits per heavy atom. The van der Waals surface area contributed by atoms with E-state index in [9.17, 15) is 13.2 Å². The molecule has 1 heterocycles. The highest BCUT2D eigenvalue weighted by Gasteiger charge is 2.26. The van der Waals surface area contributed by atoms with Gasteiger partial charge >= 0.3 is 5.97 Å². The van der Waals surface area contributed by atoms with Crippen LogP contribution in [0.1, 0.15) is 27.3 Å². The zero-order valence-corrected chi connectivity index (χ0v) is 12.7. The summed E-state index contributed by atoms with van der Waals surface area (Å²) in [5.41, 5.74) is 1.82. The van der Waals surface area contributed by atoms with Crippen LogP contribution in [0.2, 0.25) is 0 Å². The number of benzene rings is 1. The third-order valence-electron chi connectivity index (χ3n) is 3.16. The first kappa shape index (κ1) is 15.1. The molecule has 1 aromatic carbocycles. The van der Waals surface area contributed by atoms with Gasteiger partial charge in [-0.15, -0.1) is 0 Å². The number of aromatic nitrogens is 1. The van der Waals surface area contributed by atoms with Crippen LogP contribution in [0.3, 0.4) is 0 Å². The van der Waals surface area contributed by atoms with Gasteiger partial charge in [0.15, 0.2) is 0 Å². The van der Waals surface area contributed by atoms with Gasteiger partial charge in [-0.3, -0.25) is 4.72 Å². The van der Waals surface area contributed by atoms with Crippen LogP contribution in [-0.4, -0.2) is 24.5 Å². The maximum atomic E-state index is 12.4. The van der Waals surface area contributed by atoms with Gasteiger partial charge in [-0.2, -0.15) is 0 Å². The van der Waals surface area contributed by atoms with E-state index in [1.54, 1.807) is 24.3 Å². The Morgan fingerprint density at radius 2 is 1.71 bits per heavy atom. The van der Waals surface area contributed by atoms with E-state index in [0.717, 1.165) is 5.56 Å². The lowest BCUT2D eigenvalue weighted by atomic mass is 10.2. The quantitative estimate of drug-likeness (QED) is 0.807. The largest absolute Gasteiger partial charge is 0.477 e. The average molecular weight is 308 g/mol. The van der Waals surface area contributed by atoms with Crippen molar-refractivity contribution in [1.82, 2.24) is 4.98 Å². The molecule has 2 aromatic rings. The van der Waals surface area contributed by atoms with Crippen LogP contribution in [0.4, 0.5) is 5.69 Å². The number of H-pyrrole nitrogens is 1. The molecule has 0 aliphatic heterocycles. The summed E-state index contributed by atoms with van der Waals surface area (Å²) in [5, 5.41) is 9.04. The van der Waals surface area contributed by atoms with Gasteiger partial charge in [0.2, 0.25) is 0 Å². The van der Waals surface area contributed by atoms with Crippen LogP contribution < -0.4 is 4.72 Å². The third kappa shape index (κ3) is 2.92. The first-order valence-electron chi connectivity index (χ1n) is 6.24. The molecule has 21 heavy (non-hydrogen) atoms. The summed E-state index contributed by atoms with van der Waals surface area (Å²) in [4.78, 5) is 13.6. The van der Waals surface area contributed by atoms with Crippen LogP contribution in [-0.2, 0) is 10.0 Å². The normalized spacial score (nSPS) is 11.4. The molecule has 0 unspecified atom stereocenters. The van der Waals surface area contributed by atoms with Gasteiger partial charge in [0.05, 0.1) is 0 Å². The standard InChI is InChI=1S/C14H16N2O4S/c1-8-4-6-11(7-5-8)16-21(19,20)13-9(2)12(14(17)18)15-10(13)3/h4-7,15-16H,1-3H3,(H,17,18). The lowest BCUT2D eigenvalue weighted by molar-refractivity contribution is 0.0690. The fourth-order valence-electron chi connectivity index (χ4n) is 2.18. The van der Waals surface area contributed by atoms with Crippen LogP contribution in [0.5, 0.6) is 0 Å². The van der Waals surface area contributed by atoms with E-state index in [4.69, 9.17) is 5.11 Å². The number of carboxylic acids is 1. The minimum atomic E-state index is -3.84. The van der Waals surface area contributed by atoms with Gasteiger partial charge in [-0.1, -0.05) is 17.7 Å². The maximum absolute atomic E-state index is 12.4. The Bertz CT molecular complexity index is 789. The number of sulfonamides is 1. The number of aromatic amines is 1. The van der Waals surface area contributed by atoms with E-state index < -0.39 is 16.0 Å². The van der Waals surface area contributed by atoms with E-state index in [0.29, 0.717) is 11.4 Å². The van der Waals surface area contributed by atoms with E-state index >= 15 is 0 Å². The Morgan fingerprint density at radius 3 is 2.19 bits per heavy atom. The molecule has 0 fully saturated rings. The Labute approximate surface area is 122 Å². The number of anilines is 1. The second-order valence-electron chi connectivity index (χ2n) is 4.86. The molecule has 3 N–H and O–H groups in total. The predicted octanol–water partition coefficient (Wildman–Crippen LogP) is 2.44. The summed E-state index contributed by atoms with van der Waals surface area (Å²) < 4.78 is 27.3. The molecule has 0 amide bonds. The van der Waals surface area contributed by atoms with E-state index in [-0.39, 0.29) is 16.2 Å². The van der Waals surface area contributed by atoms with Gasteiger partial charge < -0.3 is 10.1 Å². The second-order valence-corrected chi connectivity index (χ2v) is 6.48. The minimum absolute atomic E-state index is 0.0273. The van der Waals surface area contributed by atoms with Gasteiger partial charge in [0.25, 0.3) is 10.0 Å². The Hall–Kier alpha value is -2.28. The van der Waals surface area contributed by atoms with Crippen molar-refractivity contribution in [3.05, 3.63) is 46.8 Å². The van der Waals surface area contributed by atoms with Crippen molar-refractivity contribution in [1.29, 1.82) is 0 Å². The Kier molecular flexibility index (Phi) is 3.78. The summed E-state index contributed by atoms with van der Waals surface area (Å²) >= 11 is 0. The second kappa shape index (κ2) is 5.25. The lowest BCUT2D eigenvalue weighted by Gasteiger charge is -2.09. The number of hydrogen-bond acceptors (Lipinski definition) is 3. The molecule has 0 saturated heterocycles. The summed E-state index contributed by atoms with van der Waals surface area (Å²) in [5.74, 6) is -1.19. The summed E-state index contributed by atoms with van der Waals surface area (Å²) in [7, 11) is -3.84. The zero-order valence-electron chi connectivity index (χ0n) is 11.9. The molecular formula is C14H16N2O4S. The molecule has 0 atom stereocenters. The van der Waals surface area contributed by atoms with Gasteiger partial charge in [-0.05, 0) is 32.9 Å². The monoisotopic (exact) mass is 308 g/mol. The van der Waals surface area contributed by atoms with Crippen molar-refractivity contribution in [3.63, 3.8) is 0 Å². The van der Waals surface area contributed by atoms with Crippen molar-refractivity contribution in [2.24, 2.45) is 0 Å². The molecule has 0 saturated carbocycles. The average Bonchev–Trinajstić information content (AvgIpc) is 2.68. The molecule has 6 nitrogen and oxygen atoms in total. The SMILES string of the molecule is Cc1ccc(NS(=O)(=O)c2c(C)[nH]c(C(=O)O)c2C)cc1. The highest BCUT2D eigenvalue weighted by Crippen LogP contribution is 2.25. The number of nitrogens with one attached hydrogen (secondary N) is 2. The Balaban J connectivity index is 2.45. The molecule has 0 aliphatic rings. The van der Waals surface area contributed by atoms with E-state index in [1.165, 1.54) is 13.8 Å². The predicted molar refractivity (Wildman–Crippen MR) is 79.2 cm³/mol. The number of rotatable bonds is 4. The first-order valence-corrected chi connectivity index (χ1v) is 7.72. The molecule has 0 aliphatic carbocycles. The fraction of sp³-hybridized carbons (Fsp3) is 0.214. The highest BCUT2D eigenvalue weighted by atomic mass is 32.2. The molecule has 2 rings (SSSR count). The smallest absolute Gasteiger partial charge is 0.352 e. The maximum Gasteiger partial charge on any atom is 0.352 e. The molecule has 112 valence electrons. The van der Waals surface area contributed by atoms with Gasteiger partial charge in [0.1, 0.15) is 10.6 Å². The number of aromatic carboxylic acids is 1. The lowest BCUT2D eigenvalue weighted by Crippen LogP contribution is -2.14. The topological polar surface area (TPSA) is 99.3 Å². The summed E-state index contributed by atoms with van der Waals surface area (Å²) in [6.07, 6.45) is 0. The van der Waals surface area contributed by atoms with Crippen molar-refractivity contribution in [2.45, 2.75) is 25.7 Å². The van der Waals surface area contributed by atoms with Crippen LogP contribution in [0.25, 0.3) is 0 Å².